The van der Waals surface area contributed by atoms with Crippen molar-refractivity contribution in [3.8, 4) is 22.5 Å². The highest BCUT2D eigenvalue weighted by molar-refractivity contribution is 7.99. The number of carbonyl (C=O) groups excluding carboxylic acids is 1. The molecule has 3 rings (SSSR count). The summed E-state index contributed by atoms with van der Waals surface area (Å²) in [5, 5.41) is 11.3. The Hall–Kier alpha value is -2.12. The number of benzene rings is 1. The smallest absolute Gasteiger partial charge is 0.227 e. The second kappa shape index (κ2) is 6.55. The number of aromatic nitrogens is 3. The van der Waals surface area contributed by atoms with Crippen molar-refractivity contribution >= 4 is 29.0 Å². The summed E-state index contributed by atoms with van der Waals surface area (Å²) in [4.78, 5) is 12.2. The van der Waals surface area contributed by atoms with Crippen LogP contribution in [0.3, 0.4) is 0 Å². The molecule has 5 nitrogen and oxygen atoms in total. The van der Waals surface area contributed by atoms with Crippen molar-refractivity contribution in [1.29, 1.82) is 0 Å². The molecule has 0 aliphatic rings. The molecule has 0 fully saturated rings. The number of hydrogen-bond donors (Lipinski definition) is 1. The minimum absolute atomic E-state index is 0.195. The van der Waals surface area contributed by atoms with Crippen LogP contribution in [0.2, 0.25) is 0 Å². The zero-order valence-electron chi connectivity index (χ0n) is 12.8. The maximum Gasteiger partial charge on any atom is 0.227 e. The lowest BCUT2D eigenvalue weighted by molar-refractivity contribution is -0.115. The first kappa shape index (κ1) is 15.8. The molecule has 0 radical (unpaired) electrons. The fourth-order valence-electron chi connectivity index (χ4n) is 2.39. The molecule has 0 bridgehead atoms. The summed E-state index contributed by atoms with van der Waals surface area (Å²) in [5.41, 5.74) is 8.59. The molecule has 3 aromatic rings. The van der Waals surface area contributed by atoms with Gasteiger partial charge in [-0.3, -0.25) is 4.79 Å². The number of thioether (sulfide) groups is 1. The molecule has 1 amide bonds. The van der Waals surface area contributed by atoms with Gasteiger partial charge in [0.15, 0.2) is 11.0 Å². The van der Waals surface area contributed by atoms with Crippen molar-refractivity contribution in [1.82, 2.24) is 14.8 Å². The van der Waals surface area contributed by atoms with Crippen molar-refractivity contribution in [2.75, 3.05) is 5.75 Å². The number of rotatable bonds is 5. The number of nitrogens with two attached hydrogens (primary N) is 1. The van der Waals surface area contributed by atoms with E-state index in [-0.39, 0.29) is 11.7 Å². The van der Waals surface area contributed by atoms with Gasteiger partial charge >= 0.3 is 0 Å². The largest absolute Gasteiger partial charge is 0.369 e. The van der Waals surface area contributed by atoms with Crippen LogP contribution in [-0.2, 0) is 11.8 Å². The molecule has 1 aromatic carbocycles. The average Bonchev–Trinajstić information content (AvgIpc) is 3.09. The second-order valence-electron chi connectivity index (χ2n) is 5.07. The summed E-state index contributed by atoms with van der Waals surface area (Å²) in [6, 6.07) is 10.3. The van der Waals surface area contributed by atoms with Gasteiger partial charge in [-0.1, -0.05) is 42.1 Å². The molecule has 0 aliphatic heterocycles. The van der Waals surface area contributed by atoms with Gasteiger partial charge in [-0.25, -0.2) is 0 Å². The molecule has 0 unspecified atom stereocenters. The van der Waals surface area contributed by atoms with Gasteiger partial charge in [-0.2, -0.15) is 0 Å². The van der Waals surface area contributed by atoms with E-state index < -0.39 is 0 Å². The van der Waals surface area contributed by atoms with Crippen LogP contribution >= 0.6 is 23.1 Å². The molecule has 23 heavy (non-hydrogen) atoms. The first-order valence-corrected chi connectivity index (χ1v) is 8.89. The zero-order chi connectivity index (χ0) is 16.4. The number of amides is 1. The van der Waals surface area contributed by atoms with Crippen molar-refractivity contribution in [3.63, 3.8) is 0 Å². The van der Waals surface area contributed by atoms with Gasteiger partial charge in [-0.15, -0.1) is 21.5 Å². The molecule has 0 aliphatic carbocycles. The fraction of sp³-hybridized carbons (Fsp3) is 0.188. The van der Waals surface area contributed by atoms with E-state index in [0.717, 1.165) is 17.0 Å². The Morgan fingerprint density at radius 1 is 1.30 bits per heavy atom. The third-order valence-electron chi connectivity index (χ3n) is 3.46. The molecule has 0 saturated carbocycles. The highest BCUT2D eigenvalue weighted by Crippen LogP contribution is 2.38. The maximum atomic E-state index is 10.9. The van der Waals surface area contributed by atoms with E-state index in [0.29, 0.717) is 5.16 Å². The van der Waals surface area contributed by atoms with Crippen LogP contribution in [0.4, 0.5) is 0 Å². The van der Waals surface area contributed by atoms with Crippen LogP contribution in [-0.4, -0.2) is 26.4 Å². The third kappa shape index (κ3) is 3.16. The van der Waals surface area contributed by atoms with Gasteiger partial charge in [0.1, 0.15) is 0 Å². The minimum atomic E-state index is -0.365. The summed E-state index contributed by atoms with van der Waals surface area (Å²) >= 11 is 2.99. The predicted molar refractivity (Wildman–Crippen MR) is 94.4 cm³/mol. The Kier molecular flexibility index (Phi) is 4.49. The van der Waals surface area contributed by atoms with Crippen LogP contribution in [0, 0.1) is 6.92 Å². The summed E-state index contributed by atoms with van der Waals surface area (Å²) in [5.74, 6) is 0.622. The lowest BCUT2D eigenvalue weighted by atomic mass is 10.0. The van der Waals surface area contributed by atoms with E-state index in [9.17, 15) is 4.79 Å². The zero-order valence-corrected chi connectivity index (χ0v) is 14.4. The maximum absolute atomic E-state index is 10.9. The highest BCUT2D eigenvalue weighted by Gasteiger charge is 2.18. The fourth-order valence-corrected chi connectivity index (χ4v) is 3.91. The van der Waals surface area contributed by atoms with E-state index >= 15 is 0 Å². The molecule has 7 heteroatoms. The summed E-state index contributed by atoms with van der Waals surface area (Å²) in [7, 11) is 1.90. The van der Waals surface area contributed by atoms with E-state index in [1.54, 1.807) is 11.3 Å². The number of nitrogens with zero attached hydrogens (tertiary/aromatic N) is 3. The number of carbonyl (C=O) groups is 1. The topological polar surface area (TPSA) is 73.8 Å². The molecule has 2 N–H and O–H groups in total. The van der Waals surface area contributed by atoms with Crippen LogP contribution in [0.1, 0.15) is 4.88 Å². The molecule has 118 valence electrons. The molecule has 2 heterocycles. The third-order valence-corrected chi connectivity index (χ3v) is 5.41. The quantitative estimate of drug-likeness (QED) is 0.722. The SMILES string of the molecule is Cc1scc(-c2nnc(SCC(N)=O)n2C)c1-c1ccccc1. The average molecular weight is 344 g/mol. The number of aryl methyl sites for hydroxylation is 1. The molecule has 0 saturated heterocycles. The van der Waals surface area contributed by atoms with Crippen LogP contribution in [0.25, 0.3) is 22.5 Å². The van der Waals surface area contributed by atoms with Gasteiger partial charge in [0, 0.05) is 28.4 Å². The first-order chi connectivity index (χ1) is 11.1. The van der Waals surface area contributed by atoms with Gasteiger partial charge < -0.3 is 10.3 Å². The Morgan fingerprint density at radius 3 is 2.74 bits per heavy atom. The monoisotopic (exact) mass is 344 g/mol. The van der Waals surface area contributed by atoms with Crippen LogP contribution in [0.15, 0.2) is 40.9 Å². The molecular formula is C16H16N4OS2. The van der Waals surface area contributed by atoms with Gasteiger partial charge in [-0.05, 0) is 12.5 Å². The lowest BCUT2D eigenvalue weighted by Crippen LogP contribution is -2.13. The van der Waals surface area contributed by atoms with Gasteiger partial charge in [0.2, 0.25) is 5.91 Å². The Balaban J connectivity index is 2.02. The van der Waals surface area contributed by atoms with Crippen molar-refractivity contribution < 1.29 is 4.79 Å². The number of primary amides is 1. The van der Waals surface area contributed by atoms with E-state index in [1.165, 1.54) is 22.2 Å². The van der Waals surface area contributed by atoms with Crippen LogP contribution in [0.5, 0.6) is 0 Å². The first-order valence-electron chi connectivity index (χ1n) is 7.02. The van der Waals surface area contributed by atoms with Crippen molar-refractivity contribution in [3.05, 3.63) is 40.6 Å². The standard InChI is InChI=1S/C16H16N4OS2/c1-10-14(11-6-4-3-5-7-11)12(8-22-10)15-18-19-16(20(15)2)23-9-13(17)21/h3-8H,9H2,1-2H3,(H2,17,21). The summed E-state index contributed by atoms with van der Waals surface area (Å²) in [6.07, 6.45) is 0. The van der Waals surface area contributed by atoms with E-state index in [4.69, 9.17) is 5.73 Å². The normalized spacial score (nSPS) is 10.9. The Morgan fingerprint density at radius 2 is 2.04 bits per heavy atom. The Labute approximate surface area is 142 Å². The predicted octanol–water partition coefficient (Wildman–Crippen LogP) is 3.10. The molecular weight excluding hydrogens is 328 g/mol. The Bertz CT molecular complexity index is 839. The van der Waals surface area contributed by atoms with Crippen molar-refractivity contribution in [2.24, 2.45) is 12.8 Å². The van der Waals surface area contributed by atoms with E-state index in [1.807, 2.05) is 29.8 Å². The van der Waals surface area contributed by atoms with Crippen molar-refractivity contribution in [2.45, 2.75) is 12.1 Å². The second-order valence-corrected chi connectivity index (χ2v) is 7.09. The van der Waals surface area contributed by atoms with Gasteiger partial charge in [0.25, 0.3) is 0 Å². The molecule has 0 atom stereocenters. The number of hydrogen-bond acceptors (Lipinski definition) is 5. The minimum Gasteiger partial charge on any atom is -0.369 e. The lowest BCUT2D eigenvalue weighted by Gasteiger charge is -2.06. The van der Waals surface area contributed by atoms with Crippen LogP contribution < -0.4 is 5.73 Å². The molecule has 0 spiro atoms. The molecule has 2 aromatic heterocycles. The highest BCUT2D eigenvalue weighted by atomic mass is 32.2. The van der Waals surface area contributed by atoms with Gasteiger partial charge in [0.05, 0.1) is 5.75 Å². The summed E-state index contributed by atoms with van der Waals surface area (Å²) in [6.45, 7) is 2.11. The number of thiophene rings is 1. The van der Waals surface area contributed by atoms with E-state index in [2.05, 4.69) is 34.6 Å². The summed E-state index contributed by atoms with van der Waals surface area (Å²) < 4.78 is 1.90.